The Hall–Kier alpha value is -1.44. The van der Waals surface area contributed by atoms with Gasteiger partial charge in [-0.3, -0.25) is 4.79 Å². The lowest BCUT2D eigenvalue weighted by molar-refractivity contribution is -0.118. The van der Waals surface area contributed by atoms with Gasteiger partial charge in [0.15, 0.2) is 0 Å². The van der Waals surface area contributed by atoms with Gasteiger partial charge in [0.2, 0.25) is 5.91 Å². The summed E-state index contributed by atoms with van der Waals surface area (Å²) in [6, 6.07) is 7.78. The second-order valence-electron chi connectivity index (χ2n) is 3.41. The maximum absolute atomic E-state index is 11.3. The van der Waals surface area contributed by atoms with Crippen LogP contribution in [0.15, 0.2) is 24.3 Å². The van der Waals surface area contributed by atoms with Gasteiger partial charge in [-0.25, -0.2) is 0 Å². The molecule has 90 valence electrons. The molecule has 0 fully saturated rings. The van der Waals surface area contributed by atoms with Crippen molar-refractivity contribution in [3.8, 4) is 11.8 Å². The van der Waals surface area contributed by atoms with Crippen LogP contribution in [-0.2, 0) is 11.3 Å². The van der Waals surface area contributed by atoms with Crippen LogP contribution in [0.2, 0.25) is 0 Å². The molecule has 0 aliphatic heterocycles. The second kappa shape index (κ2) is 7.77. The molecule has 0 heterocycles. The molecular formula is C13H16N2OS. The number of thioether (sulfide) groups is 1. The zero-order valence-corrected chi connectivity index (χ0v) is 10.6. The summed E-state index contributed by atoms with van der Waals surface area (Å²) in [6.07, 6.45) is 1.91. The van der Waals surface area contributed by atoms with Crippen molar-refractivity contribution in [2.24, 2.45) is 5.73 Å². The van der Waals surface area contributed by atoms with Crippen LogP contribution in [0.4, 0.5) is 0 Å². The third-order valence-electron chi connectivity index (χ3n) is 2.05. The molecule has 4 heteroatoms. The van der Waals surface area contributed by atoms with E-state index in [4.69, 9.17) is 5.73 Å². The van der Waals surface area contributed by atoms with Crippen molar-refractivity contribution in [3.63, 3.8) is 0 Å². The first-order valence-corrected chi connectivity index (χ1v) is 6.69. The van der Waals surface area contributed by atoms with Crippen LogP contribution in [-0.4, -0.2) is 24.5 Å². The molecule has 3 N–H and O–H groups in total. The minimum atomic E-state index is 0.0597. The molecule has 17 heavy (non-hydrogen) atoms. The van der Waals surface area contributed by atoms with Crippen molar-refractivity contribution in [1.29, 1.82) is 0 Å². The lowest BCUT2D eigenvalue weighted by Gasteiger charge is -2.04. The highest BCUT2D eigenvalue weighted by Crippen LogP contribution is 2.03. The molecule has 0 atom stereocenters. The Morgan fingerprint density at radius 3 is 2.71 bits per heavy atom. The summed E-state index contributed by atoms with van der Waals surface area (Å²) in [4.78, 5) is 11.3. The standard InChI is InChI=1S/C13H16N2OS/c1-17-10-13(16)15-9-12-6-4-11(5-7-12)3-2-8-14/h4-7H,8-10,14H2,1H3,(H,15,16). The molecule has 1 rings (SSSR count). The number of nitrogens with two attached hydrogens (primary N) is 1. The minimum Gasteiger partial charge on any atom is -0.351 e. The number of rotatable bonds is 4. The van der Waals surface area contributed by atoms with E-state index in [0.717, 1.165) is 11.1 Å². The lowest BCUT2D eigenvalue weighted by Crippen LogP contribution is -2.24. The zero-order chi connectivity index (χ0) is 12.5. The molecule has 0 saturated heterocycles. The normalized spacial score (nSPS) is 9.29. The van der Waals surface area contributed by atoms with Crippen molar-refractivity contribution in [1.82, 2.24) is 5.32 Å². The van der Waals surface area contributed by atoms with Gasteiger partial charge in [-0.2, -0.15) is 11.8 Å². The molecule has 0 unspecified atom stereocenters. The van der Waals surface area contributed by atoms with Gasteiger partial charge in [0, 0.05) is 12.1 Å². The topological polar surface area (TPSA) is 55.1 Å². The summed E-state index contributed by atoms with van der Waals surface area (Å²) in [5, 5.41) is 2.85. The van der Waals surface area contributed by atoms with E-state index in [-0.39, 0.29) is 5.91 Å². The molecule has 0 aromatic heterocycles. The summed E-state index contributed by atoms with van der Waals surface area (Å²) in [5.74, 6) is 6.31. The van der Waals surface area contributed by atoms with Crippen LogP contribution in [0.25, 0.3) is 0 Å². The molecule has 0 bridgehead atoms. The average molecular weight is 248 g/mol. The number of carbonyl (C=O) groups is 1. The van der Waals surface area contributed by atoms with Crippen LogP contribution in [0.3, 0.4) is 0 Å². The lowest BCUT2D eigenvalue weighted by atomic mass is 10.1. The van der Waals surface area contributed by atoms with Crippen LogP contribution in [0, 0.1) is 11.8 Å². The van der Waals surface area contributed by atoms with E-state index in [1.54, 1.807) is 0 Å². The van der Waals surface area contributed by atoms with E-state index >= 15 is 0 Å². The fourth-order valence-corrected chi connectivity index (χ4v) is 1.61. The van der Waals surface area contributed by atoms with E-state index < -0.39 is 0 Å². The highest BCUT2D eigenvalue weighted by atomic mass is 32.2. The smallest absolute Gasteiger partial charge is 0.230 e. The maximum atomic E-state index is 11.3. The molecular weight excluding hydrogens is 232 g/mol. The van der Waals surface area contributed by atoms with Gasteiger partial charge in [0.05, 0.1) is 12.3 Å². The first kappa shape index (κ1) is 13.6. The Kier molecular flexibility index (Phi) is 6.23. The fraction of sp³-hybridized carbons (Fsp3) is 0.308. The summed E-state index contributed by atoms with van der Waals surface area (Å²) in [5.41, 5.74) is 7.30. The van der Waals surface area contributed by atoms with Crippen molar-refractivity contribution < 1.29 is 4.79 Å². The van der Waals surface area contributed by atoms with Crippen molar-refractivity contribution in [2.45, 2.75) is 6.54 Å². The number of benzene rings is 1. The summed E-state index contributed by atoms with van der Waals surface area (Å²) in [7, 11) is 0. The quantitative estimate of drug-likeness (QED) is 0.781. The largest absolute Gasteiger partial charge is 0.351 e. The predicted octanol–water partition coefficient (Wildman–Crippen LogP) is 0.976. The highest BCUT2D eigenvalue weighted by molar-refractivity contribution is 7.99. The van der Waals surface area contributed by atoms with Crippen LogP contribution in [0.1, 0.15) is 11.1 Å². The van der Waals surface area contributed by atoms with Gasteiger partial charge in [0.1, 0.15) is 0 Å². The average Bonchev–Trinajstić information content (AvgIpc) is 2.35. The van der Waals surface area contributed by atoms with Crippen LogP contribution < -0.4 is 11.1 Å². The number of amides is 1. The van der Waals surface area contributed by atoms with Gasteiger partial charge in [0.25, 0.3) is 0 Å². The first-order valence-electron chi connectivity index (χ1n) is 5.29. The highest BCUT2D eigenvalue weighted by Gasteiger charge is 1.99. The molecule has 0 radical (unpaired) electrons. The third kappa shape index (κ3) is 5.43. The number of hydrogen-bond acceptors (Lipinski definition) is 3. The van der Waals surface area contributed by atoms with E-state index in [2.05, 4.69) is 17.2 Å². The molecule has 1 amide bonds. The van der Waals surface area contributed by atoms with E-state index in [1.165, 1.54) is 11.8 Å². The SMILES string of the molecule is CSCC(=O)NCc1ccc(C#CCN)cc1. The molecule has 1 aromatic rings. The van der Waals surface area contributed by atoms with Crippen LogP contribution >= 0.6 is 11.8 Å². The zero-order valence-electron chi connectivity index (χ0n) is 9.82. The van der Waals surface area contributed by atoms with Gasteiger partial charge in [-0.05, 0) is 24.0 Å². The monoisotopic (exact) mass is 248 g/mol. The summed E-state index contributed by atoms with van der Waals surface area (Å²) >= 11 is 1.51. The summed E-state index contributed by atoms with van der Waals surface area (Å²) in [6.45, 7) is 0.927. The van der Waals surface area contributed by atoms with Crippen molar-refractivity contribution in [2.75, 3.05) is 18.6 Å². The first-order chi connectivity index (χ1) is 8.26. The van der Waals surface area contributed by atoms with Gasteiger partial charge < -0.3 is 11.1 Å². The molecule has 1 aromatic carbocycles. The minimum absolute atomic E-state index is 0.0597. The third-order valence-corrected chi connectivity index (χ3v) is 2.60. The van der Waals surface area contributed by atoms with Gasteiger partial charge in [-0.15, -0.1) is 0 Å². The van der Waals surface area contributed by atoms with E-state index in [1.807, 2.05) is 30.5 Å². The number of hydrogen-bond donors (Lipinski definition) is 2. The Bertz CT molecular complexity index is 417. The molecule has 0 saturated carbocycles. The Balaban J connectivity index is 2.48. The Morgan fingerprint density at radius 1 is 1.41 bits per heavy atom. The fourth-order valence-electron chi connectivity index (χ4n) is 1.24. The maximum Gasteiger partial charge on any atom is 0.230 e. The van der Waals surface area contributed by atoms with Gasteiger partial charge >= 0.3 is 0 Å². The predicted molar refractivity (Wildman–Crippen MR) is 72.6 cm³/mol. The molecule has 3 nitrogen and oxygen atoms in total. The van der Waals surface area contributed by atoms with Crippen molar-refractivity contribution >= 4 is 17.7 Å². The molecule has 0 spiro atoms. The Labute approximate surface area is 106 Å². The van der Waals surface area contributed by atoms with Crippen molar-refractivity contribution in [3.05, 3.63) is 35.4 Å². The van der Waals surface area contributed by atoms with E-state index in [9.17, 15) is 4.79 Å². The number of carbonyl (C=O) groups excluding carboxylic acids is 1. The van der Waals surface area contributed by atoms with Gasteiger partial charge in [-0.1, -0.05) is 24.0 Å². The Morgan fingerprint density at radius 2 is 2.12 bits per heavy atom. The molecule has 0 aliphatic rings. The molecule has 0 aliphatic carbocycles. The summed E-state index contributed by atoms with van der Waals surface area (Å²) < 4.78 is 0. The second-order valence-corrected chi connectivity index (χ2v) is 4.28. The number of nitrogens with one attached hydrogen (secondary N) is 1. The van der Waals surface area contributed by atoms with E-state index in [0.29, 0.717) is 18.8 Å². The van der Waals surface area contributed by atoms with Crippen LogP contribution in [0.5, 0.6) is 0 Å².